The van der Waals surface area contributed by atoms with Crippen LogP contribution in [-0.4, -0.2) is 28.5 Å². The molecule has 0 unspecified atom stereocenters. The summed E-state index contributed by atoms with van der Waals surface area (Å²) >= 11 is 0. The van der Waals surface area contributed by atoms with E-state index in [9.17, 15) is 4.79 Å². The molecule has 1 aromatic heterocycles. The molecular formula is C5H6N3O2. The minimum absolute atomic E-state index is 0.142. The molecule has 0 aliphatic rings. The first-order valence-electron chi connectivity index (χ1n) is 2.67. The van der Waals surface area contributed by atoms with E-state index in [2.05, 4.69) is 26.3 Å². The highest BCUT2D eigenvalue weighted by molar-refractivity contribution is 5.71. The van der Waals surface area contributed by atoms with Gasteiger partial charge in [0.15, 0.2) is 0 Å². The Balaban J connectivity index is 2.48. The Bertz CT molecular complexity index is 207. The van der Waals surface area contributed by atoms with Crippen molar-refractivity contribution in [2.24, 2.45) is 0 Å². The second kappa shape index (κ2) is 2.95. The van der Waals surface area contributed by atoms with Crippen molar-refractivity contribution in [1.82, 2.24) is 15.4 Å². The maximum absolute atomic E-state index is 10.6. The minimum Gasteiger partial charge on any atom is -0.469 e. The third-order valence-corrected chi connectivity index (χ3v) is 0.969. The number of nitrogens with zero attached hydrogens (tertiary/aromatic N) is 2. The normalized spacial score (nSPS) is 9.30. The van der Waals surface area contributed by atoms with E-state index in [4.69, 9.17) is 0 Å². The lowest BCUT2D eigenvalue weighted by Crippen LogP contribution is -2.04. The quantitative estimate of drug-likeness (QED) is 0.552. The molecule has 1 rings (SSSR count). The van der Waals surface area contributed by atoms with Crippen LogP contribution in [0.2, 0.25) is 0 Å². The average Bonchev–Trinajstić information content (AvgIpc) is 2.40. The van der Waals surface area contributed by atoms with Crippen LogP contribution in [0, 0.1) is 6.20 Å². The van der Waals surface area contributed by atoms with Crippen molar-refractivity contribution in [3.8, 4) is 0 Å². The van der Waals surface area contributed by atoms with Crippen LogP contribution in [0.3, 0.4) is 0 Å². The number of rotatable bonds is 2. The fraction of sp³-hybridized carbons (Fsp3) is 0.400. The Hall–Kier alpha value is -1.39. The summed E-state index contributed by atoms with van der Waals surface area (Å²) in [4.78, 5) is 10.6. The highest BCUT2D eigenvalue weighted by Crippen LogP contribution is 1.90. The Morgan fingerprint density at radius 1 is 1.90 bits per heavy atom. The van der Waals surface area contributed by atoms with Gasteiger partial charge in [0.05, 0.1) is 19.2 Å². The molecule has 10 heavy (non-hydrogen) atoms. The molecule has 0 bridgehead atoms. The predicted octanol–water partition coefficient (Wildman–Crippen LogP) is -0.680. The van der Waals surface area contributed by atoms with Crippen LogP contribution < -0.4 is 0 Å². The van der Waals surface area contributed by atoms with Crippen molar-refractivity contribution in [3.05, 3.63) is 11.9 Å². The van der Waals surface area contributed by atoms with Crippen LogP contribution in [-0.2, 0) is 16.0 Å². The number of hydrogen-bond acceptors (Lipinski definition) is 4. The number of aromatic amines is 1. The molecule has 0 fully saturated rings. The molecule has 0 saturated carbocycles. The third kappa shape index (κ3) is 1.54. The number of aromatic nitrogens is 3. The van der Waals surface area contributed by atoms with Gasteiger partial charge in [-0.05, 0) is 0 Å². The lowest BCUT2D eigenvalue weighted by Gasteiger charge is -1.92. The first-order chi connectivity index (χ1) is 4.83. The standard InChI is InChI=1S/C5H6N3O2/c1-10-5(9)2-4-3-6-8-7-4/h2H2,1H3,(H,6,7,8). The highest BCUT2D eigenvalue weighted by Gasteiger charge is 2.03. The van der Waals surface area contributed by atoms with Gasteiger partial charge < -0.3 is 4.74 Å². The summed E-state index contributed by atoms with van der Waals surface area (Å²) < 4.78 is 4.39. The number of carbonyl (C=O) groups is 1. The molecular weight excluding hydrogens is 134 g/mol. The lowest BCUT2D eigenvalue weighted by atomic mass is 10.3. The van der Waals surface area contributed by atoms with Crippen LogP contribution in [0.1, 0.15) is 5.69 Å². The van der Waals surface area contributed by atoms with Gasteiger partial charge in [0.25, 0.3) is 0 Å². The van der Waals surface area contributed by atoms with Crippen LogP contribution in [0.15, 0.2) is 0 Å². The Morgan fingerprint density at radius 2 is 2.70 bits per heavy atom. The molecule has 0 atom stereocenters. The van der Waals surface area contributed by atoms with Crippen molar-refractivity contribution < 1.29 is 9.53 Å². The van der Waals surface area contributed by atoms with E-state index in [1.807, 2.05) is 0 Å². The first kappa shape index (κ1) is 6.73. The third-order valence-electron chi connectivity index (χ3n) is 0.969. The van der Waals surface area contributed by atoms with Crippen LogP contribution in [0.5, 0.6) is 0 Å². The summed E-state index contributed by atoms with van der Waals surface area (Å²) in [6.07, 6.45) is 2.63. The second-order valence-corrected chi connectivity index (χ2v) is 1.66. The summed E-state index contributed by atoms with van der Waals surface area (Å²) in [6, 6.07) is 0. The number of esters is 1. The van der Waals surface area contributed by atoms with E-state index in [1.54, 1.807) is 0 Å². The second-order valence-electron chi connectivity index (χ2n) is 1.66. The van der Waals surface area contributed by atoms with Crippen molar-refractivity contribution in [2.75, 3.05) is 7.11 Å². The van der Waals surface area contributed by atoms with Gasteiger partial charge in [-0.15, -0.1) is 5.10 Å². The molecule has 0 aliphatic carbocycles. The molecule has 5 nitrogen and oxygen atoms in total. The van der Waals surface area contributed by atoms with Crippen LogP contribution in [0.25, 0.3) is 0 Å². The number of ether oxygens (including phenoxy) is 1. The molecule has 0 aliphatic heterocycles. The summed E-state index contributed by atoms with van der Waals surface area (Å²) in [7, 11) is 1.33. The summed E-state index contributed by atoms with van der Waals surface area (Å²) in [6.45, 7) is 0. The van der Waals surface area contributed by atoms with E-state index < -0.39 is 0 Å². The van der Waals surface area contributed by atoms with Crippen LogP contribution in [0.4, 0.5) is 0 Å². The minimum atomic E-state index is -0.331. The van der Waals surface area contributed by atoms with Crippen molar-refractivity contribution in [1.29, 1.82) is 0 Å². The Kier molecular flexibility index (Phi) is 1.99. The molecule has 1 radical (unpaired) electrons. The molecule has 0 spiro atoms. The fourth-order valence-electron chi connectivity index (χ4n) is 0.491. The number of methoxy groups -OCH3 is 1. The smallest absolute Gasteiger partial charge is 0.311 e. The van der Waals surface area contributed by atoms with Gasteiger partial charge in [0, 0.05) is 0 Å². The molecule has 0 saturated heterocycles. The van der Waals surface area contributed by atoms with Crippen molar-refractivity contribution >= 4 is 5.97 Å². The summed E-state index contributed by atoms with van der Waals surface area (Å²) in [5, 5.41) is 9.23. The molecule has 1 aromatic rings. The van der Waals surface area contributed by atoms with Gasteiger partial charge in [-0.25, -0.2) is 0 Å². The Morgan fingerprint density at radius 3 is 3.20 bits per heavy atom. The van der Waals surface area contributed by atoms with E-state index in [-0.39, 0.29) is 12.4 Å². The maximum Gasteiger partial charge on any atom is 0.311 e. The van der Waals surface area contributed by atoms with Crippen LogP contribution >= 0.6 is 0 Å². The van der Waals surface area contributed by atoms with Gasteiger partial charge in [0.1, 0.15) is 6.20 Å². The molecule has 53 valence electrons. The van der Waals surface area contributed by atoms with Crippen molar-refractivity contribution in [2.45, 2.75) is 6.42 Å². The first-order valence-corrected chi connectivity index (χ1v) is 2.67. The van der Waals surface area contributed by atoms with E-state index in [1.165, 1.54) is 7.11 Å². The van der Waals surface area contributed by atoms with Gasteiger partial charge in [0.2, 0.25) is 0 Å². The number of carbonyl (C=O) groups excluding carboxylic acids is 1. The number of nitrogens with one attached hydrogen (secondary N) is 1. The van der Waals surface area contributed by atoms with E-state index in [0.29, 0.717) is 5.69 Å². The van der Waals surface area contributed by atoms with E-state index >= 15 is 0 Å². The zero-order valence-electron chi connectivity index (χ0n) is 5.42. The molecule has 0 aromatic carbocycles. The number of hydrogen-bond donors (Lipinski definition) is 1. The number of H-pyrrole nitrogens is 1. The Labute approximate surface area is 57.4 Å². The average molecular weight is 140 g/mol. The fourth-order valence-corrected chi connectivity index (χ4v) is 0.491. The van der Waals surface area contributed by atoms with E-state index in [0.717, 1.165) is 0 Å². The lowest BCUT2D eigenvalue weighted by molar-refractivity contribution is -0.139. The largest absolute Gasteiger partial charge is 0.469 e. The zero-order chi connectivity index (χ0) is 7.40. The van der Waals surface area contributed by atoms with Gasteiger partial charge in [-0.1, -0.05) is 5.21 Å². The molecule has 1 heterocycles. The molecule has 5 heteroatoms. The topological polar surface area (TPSA) is 67.9 Å². The zero-order valence-corrected chi connectivity index (χ0v) is 5.42. The van der Waals surface area contributed by atoms with Gasteiger partial charge >= 0.3 is 5.97 Å². The molecule has 1 N–H and O–H groups in total. The summed E-state index contributed by atoms with van der Waals surface area (Å²) in [5.74, 6) is -0.331. The van der Waals surface area contributed by atoms with Crippen molar-refractivity contribution in [3.63, 3.8) is 0 Å². The van der Waals surface area contributed by atoms with Gasteiger partial charge in [-0.3, -0.25) is 9.89 Å². The monoisotopic (exact) mass is 140 g/mol. The SMILES string of the molecule is COC(=O)Cc1[c]nn[nH]1. The maximum atomic E-state index is 10.6. The van der Waals surface area contributed by atoms with Gasteiger partial charge in [-0.2, -0.15) is 0 Å². The summed E-state index contributed by atoms with van der Waals surface area (Å²) in [5.41, 5.74) is 0.534. The predicted molar refractivity (Wildman–Crippen MR) is 30.9 cm³/mol. The highest BCUT2D eigenvalue weighted by atomic mass is 16.5. The molecule has 0 amide bonds.